The third kappa shape index (κ3) is 3.91. The molecule has 0 saturated heterocycles. The van der Waals surface area contributed by atoms with E-state index in [-0.39, 0.29) is 11.5 Å². The molecule has 0 aromatic heterocycles. The van der Waals surface area contributed by atoms with Gasteiger partial charge in [-0.2, -0.15) is 0 Å². The van der Waals surface area contributed by atoms with Crippen LogP contribution in [0.5, 0.6) is 0 Å². The summed E-state index contributed by atoms with van der Waals surface area (Å²) in [4.78, 5) is 11.9. The highest BCUT2D eigenvalue weighted by atomic mass is 19.1. The van der Waals surface area contributed by atoms with Crippen LogP contribution in [0.1, 0.15) is 48.0 Å². The third-order valence-electron chi connectivity index (χ3n) is 3.48. The van der Waals surface area contributed by atoms with Gasteiger partial charge in [0.05, 0.1) is 5.56 Å². The smallest absolute Gasteiger partial charge is 0.254 e. The molecule has 0 fully saturated rings. The number of nitrogens with one attached hydrogen (secondary N) is 1. The predicted octanol–water partition coefficient (Wildman–Crippen LogP) is 3.75. The first-order chi connectivity index (χ1) is 9.16. The number of rotatable bonds is 4. The Labute approximate surface area is 113 Å². The van der Waals surface area contributed by atoms with Crippen molar-refractivity contribution in [3.05, 3.63) is 46.8 Å². The van der Waals surface area contributed by atoms with Gasteiger partial charge in [-0.3, -0.25) is 4.79 Å². The molecule has 1 aromatic rings. The van der Waals surface area contributed by atoms with Crippen LogP contribution < -0.4 is 5.32 Å². The molecule has 102 valence electrons. The van der Waals surface area contributed by atoms with Crippen LogP contribution >= 0.6 is 0 Å². The van der Waals surface area contributed by atoms with Gasteiger partial charge in [-0.1, -0.05) is 23.3 Å². The molecule has 2 rings (SSSR count). The highest BCUT2D eigenvalue weighted by Gasteiger charge is 2.11. The van der Waals surface area contributed by atoms with Crippen molar-refractivity contribution >= 4 is 5.91 Å². The molecular formula is C16H20FNO. The quantitative estimate of drug-likeness (QED) is 0.822. The van der Waals surface area contributed by atoms with Gasteiger partial charge in [0.2, 0.25) is 0 Å². The van der Waals surface area contributed by atoms with E-state index in [9.17, 15) is 9.18 Å². The standard InChI is InChI=1S/C16H20FNO/c1-12-7-8-15(17)14(11-12)16(19)18-10-9-13-5-3-2-4-6-13/h5,7-8,11H,2-4,6,9-10H2,1H3,(H,18,19). The summed E-state index contributed by atoms with van der Waals surface area (Å²) in [5.41, 5.74) is 2.44. The number of carbonyl (C=O) groups excluding carboxylic acids is 1. The zero-order valence-electron chi connectivity index (χ0n) is 11.3. The summed E-state index contributed by atoms with van der Waals surface area (Å²) in [7, 11) is 0. The first-order valence-corrected chi connectivity index (χ1v) is 6.89. The number of allylic oxidation sites excluding steroid dienone is 1. The molecular weight excluding hydrogens is 241 g/mol. The summed E-state index contributed by atoms with van der Waals surface area (Å²) in [6, 6.07) is 4.59. The maximum Gasteiger partial charge on any atom is 0.254 e. The molecule has 19 heavy (non-hydrogen) atoms. The summed E-state index contributed by atoms with van der Waals surface area (Å²) in [6.07, 6.45) is 7.93. The lowest BCUT2D eigenvalue weighted by Crippen LogP contribution is -2.25. The lowest BCUT2D eigenvalue weighted by Gasteiger charge is -2.13. The van der Waals surface area contributed by atoms with Gasteiger partial charge in [0.15, 0.2) is 0 Å². The SMILES string of the molecule is Cc1ccc(F)c(C(=O)NCCC2=CCCCC2)c1. The van der Waals surface area contributed by atoms with Gasteiger partial charge in [-0.15, -0.1) is 0 Å². The summed E-state index contributed by atoms with van der Waals surface area (Å²) >= 11 is 0. The average Bonchev–Trinajstić information content (AvgIpc) is 2.42. The van der Waals surface area contributed by atoms with Gasteiger partial charge in [0.1, 0.15) is 5.82 Å². The lowest BCUT2D eigenvalue weighted by molar-refractivity contribution is 0.0950. The van der Waals surface area contributed by atoms with Crippen LogP contribution in [0.25, 0.3) is 0 Å². The van der Waals surface area contributed by atoms with E-state index in [1.807, 2.05) is 6.92 Å². The molecule has 1 aromatic carbocycles. The number of aryl methyl sites for hydroxylation is 1. The van der Waals surface area contributed by atoms with Gasteiger partial charge in [-0.05, 0) is 51.2 Å². The highest BCUT2D eigenvalue weighted by Crippen LogP contribution is 2.19. The van der Waals surface area contributed by atoms with E-state index < -0.39 is 5.82 Å². The first kappa shape index (κ1) is 13.8. The Morgan fingerprint density at radius 3 is 2.95 bits per heavy atom. The second-order valence-electron chi connectivity index (χ2n) is 5.10. The normalized spacial score (nSPS) is 14.9. The van der Waals surface area contributed by atoms with Gasteiger partial charge in [0.25, 0.3) is 5.91 Å². The summed E-state index contributed by atoms with van der Waals surface area (Å²) in [5, 5.41) is 2.79. The monoisotopic (exact) mass is 261 g/mol. The minimum absolute atomic E-state index is 0.137. The second kappa shape index (κ2) is 6.50. The molecule has 0 radical (unpaired) electrons. The van der Waals surface area contributed by atoms with E-state index in [0.717, 1.165) is 24.8 Å². The van der Waals surface area contributed by atoms with E-state index >= 15 is 0 Å². The number of hydrogen-bond donors (Lipinski definition) is 1. The molecule has 0 saturated carbocycles. The van der Waals surface area contributed by atoms with Crippen LogP contribution in [0.4, 0.5) is 4.39 Å². The number of halogens is 1. The number of amides is 1. The van der Waals surface area contributed by atoms with Crippen LogP contribution in [0.15, 0.2) is 29.8 Å². The molecule has 0 atom stereocenters. The molecule has 0 bridgehead atoms. The van der Waals surface area contributed by atoms with E-state index in [2.05, 4.69) is 11.4 Å². The molecule has 1 N–H and O–H groups in total. The molecule has 2 nitrogen and oxygen atoms in total. The largest absolute Gasteiger partial charge is 0.352 e. The van der Waals surface area contributed by atoms with E-state index in [0.29, 0.717) is 6.54 Å². The summed E-state index contributed by atoms with van der Waals surface area (Å²) < 4.78 is 13.5. The summed E-state index contributed by atoms with van der Waals surface area (Å²) in [6.45, 7) is 2.43. The van der Waals surface area contributed by atoms with Crippen LogP contribution in [-0.2, 0) is 0 Å². The number of benzene rings is 1. The van der Waals surface area contributed by atoms with Crippen molar-refractivity contribution in [2.24, 2.45) is 0 Å². The Hall–Kier alpha value is -1.64. The molecule has 3 heteroatoms. The van der Waals surface area contributed by atoms with Crippen molar-refractivity contribution in [3.63, 3.8) is 0 Å². The fourth-order valence-electron chi connectivity index (χ4n) is 2.38. The predicted molar refractivity (Wildman–Crippen MR) is 74.6 cm³/mol. The average molecular weight is 261 g/mol. The number of carbonyl (C=O) groups is 1. The zero-order valence-corrected chi connectivity index (χ0v) is 11.3. The highest BCUT2D eigenvalue weighted by molar-refractivity contribution is 5.94. The van der Waals surface area contributed by atoms with Crippen molar-refractivity contribution in [3.8, 4) is 0 Å². The van der Waals surface area contributed by atoms with Gasteiger partial charge in [-0.25, -0.2) is 4.39 Å². The van der Waals surface area contributed by atoms with E-state index in [1.165, 1.54) is 24.5 Å². The van der Waals surface area contributed by atoms with Gasteiger partial charge in [0, 0.05) is 6.54 Å². The maximum atomic E-state index is 13.5. The lowest BCUT2D eigenvalue weighted by atomic mass is 9.97. The molecule has 1 aliphatic carbocycles. The first-order valence-electron chi connectivity index (χ1n) is 6.89. The van der Waals surface area contributed by atoms with Crippen molar-refractivity contribution in [2.75, 3.05) is 6.54 Å². The minimum Gasteiger partial charge on any atom is -0.352 e. The second-order valence-corrected chi connectivity index (χ2v) is 5.10. The van der Waals surface area contributed by atoms with E-state index in [4.69, 9.17) is 0 Å². The minimum atomic E-state index is -0.458. The van der Waals surface area contributed by atoms with Crippen molar-refractivity contribution in [1.82, 2.24) is 5.32 Å². The zero-order chi connectivity index (χ0) is 13.7. The van der Waals surface area contributed by atoms with Gasteiger partial charge < -0.3 is 5.32 Å². The molecule has 0 spiro atoms. The Morgan fingerprint density at radius 1 is 1.37 bits per heavy atom. The molecule has 0 heterocycles. The third-order valence-corrected chi connectivity index (χ3v) is 3.48. The fourth-order valence-corrected chi connectivity index (χ4v) is 2.38. The number of hydrogen-bond acceptors (Lipinski definition) is 1. The molecule has 1 amide bonds. The molecule has 0 unspecified atom stereocenters. The maximum absolute atomic E-state index is 13.5. The van der Waals surface area contributed by atoms with Crippen LogP contribution in [0, 0.1) is 12.7 Å². The van der Waals surface area contributed by atoms with Crippen molar-refractivity contribution < 1.29 is 9.18 Å². The van der Waals surface area contributed by atoms with E-state index in [1.54, 1.807) is 12.1 Å². The Balaban J connectivity index is 1.87. The topological polar surface area (TPSA) is 29.1 Å². The molecule has 0 aliphatic heterocycles. The van der Waals surface area contributed by atoms with Crippen LogP contribution in [0.3, 0.4) is 0 Å². The van der Waals surface area contributed by atoms with Gasteiger partial charge >= 0.3 is 0 Å². The Bertz CT molecular complexity index is 494. The van der Waals surface area contributed by atoms with Crippen LogP contribution in [0.2, 0.25) is 0 Å². The van der Waals surface area contributed by atoms with Crippen molar-refractivity contribution in [2.45, 2.75) is 39.0 Å². The Morgan fingerprint density at radius 2 is 2.21 bits per heavy atom. The van der Waals surface area contributed by atoms with Crippen LogP contribution in [-0.4, -0.2) is 12.5 Å². The molecule has 1 aliphatic rings. The fraction of sp³-hybridized carbons (Fsp3) is 0.438. The van der Waals surface area contributed by atoms with Crippen molar-refractivity contribution in [1.29, 1.82) is 0 Å². The Kier molecular flexibility index (Phi) is 4.72. The summed E-state index contributed by atoms with van der Waals surface area (Å²) in [5.74, 6) is -0.780.